The van der Waals surface area contributed by atoms with Crippen LogP contribution in [0.3, 0.4) is 0 Å². The van der Waals surface area contributed by atoms with Gasteiger partial charge in [-0.2, -0.15) is 0 Å². The Labute approximate surface area is 140 Å². The van der Waals surface area contributed by atoms with Gasteiger partial charge in [0.05, 0.1) is 0 Å². The predicted octanol–water partition coefficient (Wildman–Crippen LogP) is 6.78. The van der Waals surface area contributed by atoms with Crippen LogP contribution >= 0.6 is 23.2 Å². The average molecular weight is 330 g/mol. The Morgan fingerprint density at radius 2 is 1.43 bits per heavy atom. The molecule has 0 amide bonds. The van der Waals surface area contributed by atoms with Crippen molar-refractivity contribution in [1.82, 2.24) is 5.32 Å². The van der Waals surface area contributed by atoms with Crippen molar-refractivity contribution in [2.24, 2.45) is 0 Å². The van der Waals surface area contributed by atoms with E-state index in [1.807, 2.05) is 12.1 Å². The number of hydrogen-bond donors (Lipinski definition) is 1. The molecule has 0 saturated heterocycles. The fraction of sp³-hybridized carbons (Fsp3) is 0.667. The molecule has 1 atom stereocenters. The minimum absolute atomic E-state index is 0.363. The smallest absolute Gasteiger partial charge is 0.0424 e. The van der Waals surface area contributed by atoms with E-state index in [-0.39, 0.29) is 0 Å². The molecule has 0 spiro atoms. The number of halogens is 2. The van der Waals surface area contributed by atoms with Gasteiger partial charge >= 0.3 is 0 Å². The molecule has 1 nitrogen and oxygen atoms in total. The summed E-state index contributed by atoms with van der Waals surface area (Å²) in [7, 11) is 0. The van der Waals surface area contributed by atoms with Crippen LogP contribution < -0.4 is 5.32 Å². The van der Waals surface area contributed by atoms with Crippen LogP contribution in [-0.2, 0) is 0 Å². The number of unbranched alkanes of at least 4 members (excludes halogenated alkanes) is 6. The molecule has 1 unspecified atom stereocenters. The van der Waals surface area contributed by atoms with Crippen LogP contribution in [-0.4, -0.2) is 6.54 Å². The van der Waals surface area contributed by atoms with E-state index >= 15 is 0 Å². The minimum Gasteiger partial charge on any atom is -0.310 e. The standard InChI is InChI=1S/C18H29Cl2N/c1-3-5-6-7-8-9-10-11-18(21-4-2)15-12-16(19)14-17(20)13-15/h12-14,18,21H,3-11H2,1-2H3. The lowest BCUT2D eigenvalue weighted by molar-refractivity contribution is 0.476. The molecule has 0 bridgehead atoms. The fourth-order valence-electron chi connectivity index (χ4n) is 2.71. The van der Waals surface area contributed by atoms with E-state index in [9.17, 15) is 0 Å². The quantitative estimate of drug-likeness (QED) is 0.441. The zero-order chi connectivity index (χ0) is 15.5. The van der Waals surface area contributed by atoms with Gasteiger partial charge in [0.15, 0.2) is 0 Å². The average Bonchev–Trinajstić information content (AvgIpc) is 2.44. The van der Waals surface area contributed by atoms with Crippen LogP contribution in [0.15, 0.2) is 18.2 Å². The minimum atomic E-state index is 0.363. The maximum Gasteiger partial charge on any atom is 0.0424 e. The van der Waals surface area contributed by atoms with Gasteiger partial charge in [0, 0.05) is 16.1 Å². The van der Waals surface area contributed by atoms with E-state index in [0.717, 1.165) is 23.0 Å². The van der Waals surface area contributed by atoms with Gasteiger partial charge in [0.2, 0.25) is 0 Å². The summed E-state index contributed by atoms with van der Waals surface area (Å²) in [6, 6.07) is 6.22. The molecule has 0 aliphatic carbocycles. The summed E-state index contributed by atoms with van der Waals surface area (Å²) in [5.74, 6) is 0. The van der Waals surface area contributed by atoms with Gasteiger partial charge < -0.3 is 5.32 Å². The first kappa shape index (κ1) is 18.8. The molecule has 3 heteroatoms. The zero-order valence-electron chi connectivity index (χ0n) is 13.4. The Balaban J connectivity index is 2.39. The van der Waals surface area contributed by atoms with Crippen molar-refractivity contribution in [2.45, 2.75) is 71.3 Å². The first-order valence-electron chi connectivity index (χ1n) is 8.36. The van der Waals surface area contributed by atoms with Crippen LogP contribution in [0.25, 0.3) is 0 Å². The molecule has 0 saturated carbocycles. The van der Waals surface area contributed by atoms with Gasteiger partial charge in [-0.3, -0.25) is 0 Å². The maximum absolute atomic E-state index is 6.11. The van der Waals surface area contributed by atoms with Gasteiger partial charge in [0.25, 0.3) is 0 Å². The van der Waals surface area contributed by atoms with E-state index in [0.29, 0.717) is 6.04 Å². The largest absolute Gasteiger partial charge is 0.310 e. The van der Waals surface area contributed by atoms with Crippen molar-refractivity contribution >= 4 is 23.2 Å². The highest BCUT2D eigenvalue weighted by Crippen LogP contribution is 2.26. The van der Waals surface area contributed by atoms with E-state index in [4.69, 9.17) is 23.2 Å². The Morgan fingerprint density at radius 1 is 0.857 bits per heavy atom. The molecule has 21 heavy (non-hydrogen) atoms. The monoisotopic (exact) mass is 329 g/mol. The van der Waals surface area contributed by atoms with Gasteiger partial charge in [-0.05, 0) is 36.7 Å². The normalized spacial score (nSPS) is 12.6. The highest BCUT2D eigenvalue weighted by atomic mass is 35.5. The predicted molar refractivity (Wildman–Crippen MR) is 95.5 cm³/mol. The van der Waals surface area contributed by atoms with E-state index in [1.54, 1.807) is 6.07 Å². The molecule has 0 aliphatic rings. The lowest BCUT2D eigenvalue weighted by atomic mass is 9.99. The van der Waals surface area contributed by atoms with Crippen LogP contribution in [0.1, 0.15) is 76.8 Å². The highest BCUT2D eigenvalue weighted by molar-refractivity contribution is 6.34. The van der Waals surface area contributed by atoms with Crippen molar-refractivity contribution in [1.29, 1.82) is 0 Å². The summed E-state index contributed by atoms with van der Waals surface area (Å²) >= 11 is 12.2. The summed E-state index contributed by atoms with van der Waals surface area (Å²) in [6.07, 6.45) is 10.5. The SMILES string of the molecule is CCCCCCCCCC(NCC)c1cc(Cl)cc(Cl)c1. The van der Waals surface area contributed by atoms with Gasteiger partial charge in [-0.25, -0.2) is 0 Å². The zero-order valence-corrected chi connectivity index (χ0v) is 14.9. The Kier molecular flexibility index (Phi) is 10.2. The molecule has 120 valence electrons. The third-order valence-corrected chi connectivity index (χ3v) is 4.27. The number of benzene rings is 1. The molecule has 0 fully saturated rings. The first-order valence-corrected chi connectivity index (χ1v) is 9.12. The van der Waals surface area contributed by atoms with Crippen molar-refractivity contribution in [3.05, 3.63) is 33.8 Å². The molecule has 0 heterocycles. The lowest BCUT2D eigenvalue weighted by Gasteiger charge is -2.19. The van der Waals surface area contributed by atoms with E-state index < -0.39 is 0 Å². The lowest BCUT2D eigenvalue weighted by Crippen LogP contribution is -2.20. The molecular formula is C18H29Cl2N. The topological polar surface area (TPSA) is 12.0 Å². The van der Waals surface area contributed by atoms with Gasteiger partial charge in [-0.1, -0.05) is 82.0 Å². The van der Waals surface area contributed by atoms with Crippen LogP contribution in [0.5, 0.6) is 0 Å². The van der Waals surface area contributed by atoms with E-state index in [2.05, 4.69) is 19.2 Å². The first-order chi connectivity index (χ1) is 10.2. The van der Waals surface area contributed by atoms with Crippen molar-refractivity contribution in [3.8, 4) is 0 Å². The Bertz CT molecular complexity index is 373. The van der Waals surface area contributed by atoms with Crippen LogP contribution in [0.2, 0.25) is 10.0 Å². The molecule has 0 aliphatic heterocycles. The molecule has 0 radical (unpaired) electrons. The summed E-state index contributed by atoms with van der Waals surface area (Å²) < 4.78 is 0. The van der Waals surface area contributed by atoms with Crippen molar-refractivity contribution in [3.63, 3.8) is 0 Å². The van der Waals surface area contributed by atoms with Crippen molar-refractivity contribution < 1.29 is 0 Å². The summed E-state index contributed by atoms with van der Waals surface area (Å²) in [5.41, 5.74) is 1.21. The van der Waals surface area contributed by atoms with Crippen molar-refractivity contribution in [2.75, 3.05) is 6.54 Å². The fourth-order valence-corrected chi connectivity index (χ4v) is 3.26. The summed E-state index contributed by atoms with van der Waals surface area (Å²) in [5, 5.41) is 4.99. The second-order valence-corrected chi connectivity index (χ2v) is 6.60. The van der Waals surface area contributed by atoms with Crippen LogP contribution in [0, 0.1) is 0 Å². The second kappa shape index (κ2) is 11.3. The molecule has 1 N–H and O–H groups in total. The number of rotatable bonds is 11. The Hall–Kier alpha value is -0.240. The summed E-state index contributed by atoms with van der Waals surface area (Å²) in [6.45, 7) is 5.37. The third-order valence-electron chi connectivity index (χ3n) is 3.83. The molecular weight excluding hydrogens is 301 g/mol. The third kappa shape index (κ3) is 8.09. The molecule has 1 aromatic rings. The molecule has 1 rings (SSSR count). The number of nitrogens with one attached hydrogen (secondary N) is 1. The summed E-state index contributed by atoms with van der Waals surface area (Å²) in [4.78, 5) is 0. The Morgan fingerprint density at radius 3 is 2.00 bits per heavy atom. The highest BCUT2D eigenvalue weighted by Gasteiger charge is 2.11. The van der Waals surface area contributed by atoms with Gasteiger partial charge in [-0.15, -0.1) is 0 Å². The maximum atomic E-state index is 6.11. The second-order valence-electron chi connectivity index (χ2n) is 5.72. The molecule has 0 aromatic heterocycles. The van der Waals surface area contributed by atoms with Gasteiger partial charge in [0.1, 0.15) is 0 Å². The van der Waals surface area contributed by atoms with E-state index in [1.165, 1.54) is 50.5 Å². The molecule has 1 aromatic carbocycles. The van der Waals surface area contributed by atoms with Crippen LogP contribution in [0.4, 0.5) is 0 Å². The number of hydrogen-bond acceptors (Lipinski definition) is 1.